The van der Waals surface area contributed by atoms with E-state index in [1.165, 1.54) is 64.2 Å². The van der Waals surface area contributed by atoms with Gasteiger partial charge in [-0.25, -0.2) is 0 Å². The van der Waals surface area contributed by atoms with Crippen molar-refractivity contribution in [1.82, 2.24) is 4.90 Å². The van der Waals surface area contributed by atoms with Gasteiger partial charge in [-0.3, -0.25) is 4.90 Å². The van der Waals surface area contributed by atoms with Crippen molar-refractivity contribution in [3.63, 3.8) is 0 Å². The lowest BCUT2D eigenvalue weighted by Crippen LogP contribution is -2.58. The Bertz CT molecular complexity index is 378. The van der Waals surface area contributed by atoms with Crippen LogP contribution in [0.15, 0.2) is 5.16 Å². The second kappa shape index (κ2) is 5.91. The van der Waals surface area contributed by atoms with Crippen LogP contribution in [0, 0.1) is 11.8 Å². The van der Waals surface area contributed by atoms with Gasteiger partial charge in [0.25, 0.3) is 0 Å². The molecule has 2 heterocycles. The van der Waals surface area contributed by atoms with E-state index < -0.39 is 0 Å². The molecule has 2 saturated heterocycles. The molecule has 2 aliphatic carbocycles. The van der Waals surface area contributed by atoms with Crippen molar-refractivity contribution in [2.24, 2.45) is 17.0 Å². The fraction of sp³-hybridized carbons (Fsp3) is 0.944. The van der Waals surface area contributed by atoms with Gasteiger partial charge in [0.05, 0.1) is 5.71 Å². The maximum absolute atomic E-state index is 9.18. The second-order valence-corrected chi connectivity index (χ2v) is 8.14. The number of oxime groups is 1. The van der Waals surface area contributed by atoms with Crippen molar-refractivity contribution >= 4 is 5.71 Å². The van der Waals surface area contributed by atoms with Gasteiger partial charge in [-0.05, 0) is 43.9 Å². The molecule has 5 atom stereocenters. The van der Waals surface area contributed by atoms with Crippen LogP contribution < -0.4 is 0 Å². The van der Waals surface area contributed by atoms with Gasteiger partial charge in [-0.1, -0.05) is 37.3 Å². The van der Waals surface area contributed by atoms with Crippen molar-refractivity contribution < 1.29 is 5.21 Å². The SMILES string of the molecule is O/N=C1/C[C@H]2CCC[C@@H](C1)N2C1C[C@H]2CCCC[C@@H](C1)C2. The lowest BCUT2D eigenvalue weighted by molar-refractivity contribution is -0.00496. The van der Waals surface area contributed by atoms with Crippen LogP contribution >= 0.6 is 0 Å². The molecule has 0 aromatic rings. The Morgan fingerprint density at radius 1 is 0.762 bits per heavy atom. The average molecular weight is 290 g/mol. The third kappa shape index (κ3) is 2.74. The summed E-state index contributed by atoms with van der Waals surface area (Å²) in [6, 6.07) is 2.18. The molecule has 0 spiro atoms. The summed E-state index contributed by atoms with van der Waals surface area (Å²) in [5, 5.41) is 12.8. The summed E-state index contributed by atoms with van der Waals surface area (Å²) < 4.78 is 0. The molecule has 4 bridgehead atoms. The Hall–Kier alpha value is -0.570. The van der Waals surface area contributed by atoms with Gasteiger partial charge in [-0.2, -0.15) is 0 Å². The Balaban J connectivity index is 1.52. The van der Waals surface area contributed by atoms with E-state index in [0.29, 0.717) is 12.1 Å². The fourth-order valence-electron chi connectivity index (χ4n) is 6.02. The number of hydrogen-bond donors (Lipinski definition) is 1. The highest BCUT2D eigenvalue weighted by atomic mass is 16.4. The van der Waals surface area contributed by atoms with Crippen molar-refractivity contribution in [3.05, 3.63) is 0 Å². The standard InChI is InChI=1S/C18H30N2O/c21-19-15-11-16-6-3-7-17(12-15)20(16)18-9-13-4-1-2-5-14(8-13)10-18/h13-14,16-18,21H,1-12H2/b19-15-/t13-,14+,16-,17+,18?/m1/s1. The van der Waals surface area contributed by atoms with Crippen LogP contribution in [0.3, 0.4) is 0 Å². The highest BCUT2D eigenvalue weighted by Crippen LogP contribution is 2.44. The molecule has 21 heavy (non-hydrogen) atoms. The second-order valence-electron chi connectivity index (χ2n) is 8.14. The molecule has 4 rings (SSSR count). The molecule has 4 fully saturated rings. The van der Waals surface area contributed by atoms with Crippen LogP contribution in [0.2, 0.25) is 0 Å². The Morgan fingerprint density at radius 2 is 1.38 bits per heavy atom. The van der Waals surface area contributed by atoms with Crippen LogP contribution in [0.25, 0.3) is 0 Å². The van der Waals surface area contributed by atoms with Crippen LogP contribution in [0.1, 0.15) is 77.0 Å². The quantitative estimate of drug-likeness (QED) is 0.580. The molecular formula is C18H30N2O. The number of rotatable bonds is 1. The lowest BCUT2D eigenvalue weighted by atomic mass is 9.74. The summed E-state index contributed by atoms with van der Waals surface area (Å²) in [7, 11) is 0. The topological polar surface area (TPSA) is 35.8 Å². The van der Waals surface area contributed by atoms with Gasteiger partial charge in [0, 0.05) is 31.0 Å². The number of fused-ring (bicyclic) bond motifs is 4. The Morgan fingerprint density at radius 3 is 1.95 bits per heavy atom. The zero-order valence-electron chi connectivity index (χ0n) is 13.2. The van der Waals surface area contributed by atoms with E-state index in [1.54, 1.807) is 0 Å². The molecule has 4 aliphatic rings. The smallest absolute Gasteiger partial charge is 0.0601 e. The molecule has 2 saturated carbocycles. The van der Waals surface area contributed by atoms with Gasteiger partial charge in [0.2, 0.25) is 0 Å². The van der Waals surface area contributed by atoms with E-state index in [1.807, 2.05) is 0 Å². The molecule has 1 N–H and O–H groups in total. The summed E-state index contributed by atoms with van der Waals surface area (Å²) in [6.07, 6.45) is 16.4. The summed E-state index contributed by atoms with van der Waals surface area (Å²) in [5.74, 6) is 2.01. The van der Waals surface area contributed by atoms with E-state index >= 15 is 0 Å². The molecule has 1 unspecified atom stereocenters. The van der Waals surface area contributed by atoms with Crippen LogP contribution in [0.5, 0.6) is 0 Å². The molecule has 0 aromatic heterocycles. The minimum atomic E-state index is 0.675. The van der Waals surface area contributed by atoms with Crippen LogP contribution in [0.4, 0.5) is 0 Å². The predicted octanol–water partition coefficient (Wildman–Crippen LogP) is 4.19. The van der Waals surface area contributed by atoms with E-state index in [0.717, 1.165) is 36.4 Å². The van der Waals surface area contributed by atoms with Crippen molar-refractivity contribution in [3.8, 4) is 0 Å². The van der Waals surface area contributed by atoms with E-state index in [-0.39, 0.29) is 0 Å². The Kier molecular flexibility index (Phi) is 3.95. The van der Waals surface area contributed by atoms with Gasteiger partial charge >= 0.3 is 0 Å². The number of hydrogen-bond acceptors (Lipinski definition) is 3. The lowest BCUT2D eigenvalue weighted by Gasteiger charge is -2.52. The molecule has 0 amide bonds. The highest BCUT2D eigenvalue weighted by Gasteiger charge is 2.43. The van der Waals surface area contributed by atoms with Crippen molar-refractivity contribution in [1.29, 1.82) is 0 Å². The van der Waals surface area contributed by atoms with E-state index in [9.17, 15) is 5.21 Å². The molecule has 0 radical (unpaired) electrons. The maximum Gasteiger partial charge on any atom is 0.0601 e. The molecular weight excluding hydrogens is 260 g/mol. The first-order valence-corrected chi connectivity index (χ1v) is 9.30. The largest absolute Gasteiger partial charge is 0.411 e. The molecule has 0 aromatic carbocycles. The summed E-state index contributed by atoms with van der Waals surface area (Å²) in [4.78, 5) is 2.91. The number of nitrogens with zero attached hydrogens (tertiary/aromatic N) is 2. The maximum atomic E-state index is 9.18. The molecule has 2 aliphatic heterocycles. The minimum absolute atomic E-state index is 0.675. The normalized spacial score (nSPS) is 46.3. The molecule has 3 nitrogen and oxygen atoms in total. The number of piperidine rings is 2. The predicted molar refractivity (Wildman–Crippen MR) is 84.8 cm³/mol. The zero-order valence-corrected chi connectivity index (χ0v) is 13.2. The fourth-order valence-corrected chi connectivity index (χ4v) is 6.02. The Labute approximate surface area is 128 Å². The van der Waals surface area contributed by atoms with Crippen molar-refractivity contribution in [2.45, 2.75) is 95.2 Å². The summed E-state index contributed by atoms with van der Waals surface area (Å²) in [6.45, 7) is 0. The molecule has 118 valence electrons. The first kappa shape index (κ1) is 14.0. The van der Waals surface area contributed by atoms with Gasteiger partial charge in [0.15, 0.2) is 0 Å². The molecule has 3 heteroatoms. The highest BCUT2D eigenvalue weighted by molar-refractivity contribution is 5.86. The minimum Gasteiger partial charge on any atom is -0.411 e. The summed E-state index contributed by atoms with van der Waals surface area (Å²) in [5.41, 5.74) is 1.06. The first-order valence-electron chi connectivity index (χ1n) is 9.30. The third-order valence-corrected chi connectivity index (χ3v) is 6.78. The monoisotopic (exact) mass is 290 g/mol. The van der Waals surface area contributed by atoms with Crippen LogP contribution in [-0.2, 0) is 0 Å². The third-order valence-electron chi connectivity index (χ3n) is 6.78. The van der Waals surface area contributed by atoms with E-state index in [2.05, 4.69) is 10.1 Å². The summed E-state index contributed by atoms with van der Waals surface area (Å²) >= 11 is 0. The average Bonchev–Trinajstić information content (AvgIpc) is 2.66. The van der Waals surface area contributed by atoms with Gasteiger partial charge < -0.3 is 5.21 Å². The van der Waals surface area contributed by atoms with E-state index in [4.69, 9.17) is 0 Å². The van der Waals surface area contributed by atoms with Gasteiger partial charge in [0.1, 0.15) is 0 Å². The first-order chi connectivity index (χ1) is 10.3. The van der Waals surface area contributed by atoms with Crippen molar-refractivity contribution in [2.75, 3.05) is 0 Å². The van der Waals surface area contributed by atoms with Crippen LogP contribution in [-0.4, -0.2) is 33.9 Å². The van der Waals surface area contributed by atoms with Gasteiger partial charge in [-0.15, -0.1) is 0 Å². The zero-order chi connectivity index (χ0) is 14.2.